The number of aromatic nitrogens is 2. The highest BCUT2D eigenvalue weighted by atomic mass is 16.5. The Hall–Kier alpha value is -2.62. The second-order valence-corrected chi connectivity index (χ2v) is 8.03. The number of nitrogens with zero attached hydrogens (tertiary/aromatic N) is 2. The van der Waals surface area contributed by atoms with Crippen molar-refractivity contribution in [1.82, 2.24) is 9.78 Å². The van der Waals surface area contributed by atoms with E-state index in [1.54, 1.807) is 6.92 Å². The van der Waals surface area contributed by atoms with Crippen molar-refractivity contribution >= 4 is 16.7 Å². The second kappa shape index (κ2) is 8.17. The van der Waals surface area contributed by atoms with Crippen molar-refractivity contribution < 1.29 is 9.53 Å². The first kappa shape index (κ1) is 18.7. The zero-order valence-corrected chi connectivity index (χ0v) is 16.8. The monoisotopic (exact) mass is 376 g/mol. The third kappa shape index (κ3) is 4.27. The summed E-state index contributed by atoms with van der Waals surface area (Å²) in [6, 6.07) is 12.7. The molecule has 2 aromatic carbocycles. The van der Waals surface area contributed by atoms with Crippen molar-refractivity contribution in [2.24, 2.45) is 0 Å². The number of benzene rings is 2. The summed E-state index contributed by atoms with van der Waals surface area (Å²) in [5.74, 6) is 1.77. The highest BCUT2D eigenvalue weighted by Crippen LogP contribution is 2.36. The Bertz CT molecular complexity index is 983. The van der Waals surface area contributed by atoms with E-state index in [9.17, 15) is 4.79 Å². The van der Waals surface area contributed by atoms with Crippen LogP contribution in [0.3, 0.4) is 0 Å². The van der Waals surface area contributed by atoms with Crippen LogP contribution in [0.5, 0.6) is 5.75 Å². The van der Waals surface area contributed by atoms with E-state index in [0.29, 0.717) is 19.6 Å². The molecule has 0 atom stereocenters. The van der Waals surface area contributed by atoms with Crippen molar-refractivity contribution in [3.05, 3.63) is 59.3 Å². The zero-order valence-electron chi connectivity index (χ0n) is 16.8. The van der Waals surface area contributed by atoms with E-state index in [2.05, 4.69) is 30.2 Å². The molecule has 28 heavy (non-hydrogen) atoms. The highest BCUT2D eigenvalue weighted by molar-refractivity contribution is 5.80. The smallest absolute Gasteiger partial charge is 0.131 e. The first-order valence-electron chi connectivity index (χ1n) is 10.3. The van der Waals surface area contributed by atoms with Crippen LogP contribution in [-0.4, -0.2) is 15.6 Å². The van der Waals surface area contributed by atoms with Crippen LogP contribution < -0.4 is 4.74 Å². The average Bonchev–Trinajstić information content (AvgIpc) is 3.34. The second-order valence-electron chi connectivity index (χ2n) is 8.03. The maximum absolute atomic E-state index is 11.2. The number of rotatable bonds is 7. The quantitative estimate of drug-likeness (QED) is 0.542. The lowest BCUT2D eigenvalue weighted by atomic mass is 9.92. The summed E-state index contributed by atoms with van der Waals surface area (Å²) in [4.78, 5) is 11.2. The molecule has 146 valence electrons. The minimum atomic E-state index is 0.179. The number of ketones is 1. The Morgan fingerprint density at radius 3 is 2.75 bits per heavy atom. The molecule has 0 radical (unpaired) electrons. The van der Waals surface area contributed by atoms with Crippen molar-refractivity contribution in [3.63, 3.8) is 0 Å². The molecule has 0 amide bonds. The van der Waals surface area contributed by atoms with Gasteiger partial charge in [0.05, 0.1) is 5.52 Å². The topological polar surface area (TPSA) is 44.1 Å². The Labute approximate surface area is 166 Å². The molecule has 1 aromatic heterocycles. The number of hydrogen-bond donors (Lipinski definition) is 0. The Morgan fingerprint density at radius 2 is 2.00 bits per heavy atom. The van der Waals surface area contributed by atoms with Crippen LogP contribution in [0.1, 0.15) is 61.6 Å². The molecule has 1 fully saturated rings. The van der Waals surface area contributed by atoms with Crippen molar-refractivity contribution in [2.75, 3.05) is 0 Å². The molecule has 0 N–H and O–H groups in total. The molecule has 0 spiro atoms. The van der Waals surface area contributed by atoms with E-state index >= 15 is 0 Å². The number of carbonyl (C=O) groups excluding carboxylic acids is 1. The lowest BCUT2D eigenvalue weighted by Gasteiger charge is -2.14. The number of ether oxygens (including phenoxy) is 1. The minimum Gasteiger partial charge on any atom is -0.489 e. The Morgan fingerprint density at radius 1 is 1.18 bits per heavy atom. The normalized spacial score (nSPS) is 14.6. The fraction of sp³-hybridized carbons (Fsp3) is 0.417. The molecule has 4 heteroatoms. The van der Waals surface area contributed by atoms with E-state index in [-0.39, 0.29) is 5.78 Å². The molecule has 1 heterocycles. The Balaban J connectivity index is 1.42. The van der Waals surface area contributed by atoms with E-state index in [4.69, 9.17) is 4.74 Å². The summed E-state index contributed by atoms with van der Waals surface area (Å²) in [6.45, 7) is 5.01. The van der Waals surface area contributed by atoms with E-state index < -0.39 is 0 Å². The zero-order chi connectivity index (χ0) is 19.5. The molecular weight excluding hydrogens is 348 g/mol. The summed E-state index contributed by atoms with van der Waals surface area (Å²) < 4.78 is 7.87. The van der Waals surface area contributed by atoms with Crippen LogP contribution in [0.2, 0.25) is 0 Å². The molecule has 4 nitrogen and oxygen atoms in total. The first-order valence-corrected chi connectivity index (χ1v) is 10.3. The number of carbonyl (C=O) groups is 1. The third-order valence-electron chi connectivity index (χ3n) is 5.75. The van der Waals surface area contributed by atoms with E-state index in [0.717, 1.165) is 22.6 Å². The van der Waals surface area contributed by atoms with Crippen molar-refractivity contribution in [2.45, 2.75) is 65.0 Å². The van der Waals surface area contributed by atoms with Crippen LogP contribution in [0.15, 0.2) is 42.6 Å². The molecule has 0 saturated heterocycles. The van der Waals surface area contributed by atoms with Gasteiger partial charge in [0.15, 0.2) is 0 Å². The minimum absolute atomic E-state index is 0.179. The van der Waals surface area contributed by atoms with Crippen LogP contribution >= 0.6 is 0 Å². The largest absolute Gasteiger partial charge is 0.489 e. The number of fused-ring (bicyclic) bond motifs is 1. The van der Waals surface area contributed by atoms with Gasteiger partial charge in [0, 0.05) is 24.5 Å². The van der Waals surface area contributed by atoms with Crippen LogP contribution in [-0.2, 0) is 17.9 Å². The standard InChI is InChI=1S/C24H28N2O2/c1-17-13-19(7-9-23(17)20-5-3-4-6-20)16-28-22-8-10-24-21(14-22)15-26(25-24)12-11-18(2)27/h7-10,13-15,20H,3-6,11-12,16H2,1-2H3. The van der Waals surface area contributed by atoms with Gasteiger partial charge in [-0.25, -0.2) is 0 Å². The van der Waals surface area contributed by atoms with Gasteiger partial charge in [0.1, 0.15) is 18.1 Å². The first-order chi connectivity index (χ1) is 13.6. The summed E-state index contributed by atoms with van der Waals surface area (Å²) in [6.07, 6.45) is 7.87. The lowest BCUT2D eigenvalue weighted by Crippen LogP contribution is -2.02. The predicted octanol–water partition coefficient (Wildman–Crippen LogP) is 5.56. The SMILES string of the molecule is CC(=O)CCn1cc2cc(OCc3ccc(C4CCCC4)c(C)c3)ccc2n1. The highest BCUT2D eigenvalue weighted by Gasteiger charge is 2.18. The van der Waals surface area contributed by atoms with Gasteiger partial charge < -0.3 is 4.74 Å². The molecule has 1 saturated carbocycles. The fourth-order valence-electron chi connectivity index (χ4n) is 4.22. The maximum atomic E-state index is 11.2. The van der Waals surface area contributed by atoms with Gasteiger partial charge in [-0.1, -0.05) is 31.0 Å². The number of Topliss-reactive ketones (excluding diaryl/α,β-unsaturated/α-hetero) is 1. The van der Waals surface area contributed by atoms with Gasteiger partial charge in [-0.15, -0.1) is 0 Å². The van der Waals surface area contributed by atoms with Crippen LogP contribution in [0.25, 0.3) is 10.9 Å². The molecule has 1 aliphatic rings. The van der Waals surface area contributed by atoms with E-state index in [1.165, 1.54) is 42.4 Å². The molecule has 0 bridgehead atoms. The van der Waals surface area contributed by atoms with Gasteiger partial charge in [0.2, 0.25) is 0 Å². The summed E-state index contributed by atoms with van der Waals surface area (Å²) in [7, 11) is 0. The lowest BCUT2D eigenvalue weighted by molar-refractivity contribution is -0.117. The van der Waals surface area contributed by atoms with Crippen LogP contribution in [0, 0.1) is 6.92 Å². The molecule has 4 rings (SSSR count). The Kier molecular flexibility index (Phi) is 5.47. The van der Waals surface area contributed by atoms with Crippen molar-refractivity contribution in [1.29, 1.82) is 0 Å². The number of hydrogen-bond acceptors (Lipinski definition) is 3. The van der Waals surface area contributed by atoms with Gasteiger partial charge in [-0.2, -0.15) is 5.10 Å². The average molecular weight is 377 g/mol. The third-order valence-corrected chi connectivity index (χ3v) is 5.75. The maximum Gasteiger partial charge on any atom is 0.131 e. The fourth-order valence-corrected chi connectivity index (χ4v) is 4.22. The molecule has 1 aliphatic carbocycles. The van der Waals surface area contributed by atoms with E-state index in [1.807, 2.05) is 29.1 Å². The van der Waals surface area contributed by atoms with Gasteiger partial charge in [-0.05, 0) is 67.5 Å². The molecular formula is C24H28N2O2. The van der Waals surface area contributed by atoms with Crippen LogP contribution in [0.4, 0.5) is 0 Å². The number of aryl methyl sites for hydroxylation is 2. The summed E-state index contributed by atoms with van der Waals surface area (Å²) in [5, 5.41) is 5.55. The molecule has 3 aromatic rings. The molecule has 0 unspecified atom stereocenters. The predicted molar refractivity (Wildman–Crippen MR) is 112 cm³/mol. The summed E-state index contributed by atoms with van der Waals surface area (Å²) in [5.41, 5.74) is 5.03. The van der Waals surface area contributed by atoms with Gasteiger partial charge in [-0.3, -0.25) is 9.48 Å². The van der Waals surface area contributed by atoms with Gasteiger partial charge >= 0.3 is 0 Å². The van der Waals surface area contributed by atoms with Crippen molar-refractivity contribution in [3.8, 4) is 5.75 Å². The van der Waals surface area contributed by atoms with Gasteiger partial charge in [0.25, 0.3) is 0 Å². The molecule has 0 aliphatic heterocycles. The summed E-state index contributed by atoms with van der Waals surface area (Å²) >= 11 is 0.